The van der Waals surface area contributed by atoms with Crippen LogP contribution in [0.3, 0.4) is 0 Å². The van der Waals surface area contributed by atoms with Crippen LogP contribution >= 0.6 is 11.6 Å². The third-order valence-electron chi connectivity index (χ3n) is 6.34. The van der Waals surface area contributed by atoms with Crippen molar-refractivity contribution in [2.75, 3.05) is 67.1 Å². The number of benzene rings is 1. The molecule has 2 saturated heterocycles. The van der Waals surface area contributed by atoms with Gasteiger partial charge in [0, 0.05) is 63.5 Å². The summed E-state index contributed by atoms with van der Waals surface area (Å²) >= 11 is 6.04. The van der Waals surface area contributed by atoms with Crippen molar-refractivity contribution in [1.82, 2.24) is 20.0 Å². The van der Waals surface area contributed by atoms with Crippen molar-refractivity contribution in [1.29, 1.82) is 0 Å². The molecule has 0 bridgehead atoms. The van der Waals surface area contributed by atoms with Gasteiger partial charge in [-0.05, 0) is 44.6 Å². The standard InChI is InChI=1S/C22H34ClN5O2/c1-24-21(25-17-22(26(2)3)7-13-30-14-8-22)28-11-9-27(10-12-28)20(29)16-18-5-4-6-19(23)15-18/h4-6,15H,7-14,16-17H2,1-3H3,(H,24,25). The molecule has 0 radical (unpaired) electrons. The van der Waals surface area contributed by atoms with Gasteiger partial charge >= 0.3 is 0 Å². The normalized spacial score (nSPS) is 19.8. The predicted octanol–water partition coefficient (Wildman–Crippen LogP) is 1.71. The third-order valence-corrected chi connectivity index (χ3v) is 6.57. The molecule has 2 heterocycles. The summed E-state index contributed by atoms with van der Waals surface area (Å²) in [5, 5.41) is 4.25. The first kappa shape index (κ1) is 22.8. The average molecular weight is 436 g/mol. The maximum Gasteiger partial charge on any atom is 0.227 e. The van der Waals surface area contributed by atoms with E-state index in [0.717, 1.165) is 57.2 Å². The lowest BCUT2D eigenvalue weighted by Gasteiger charge is -2.44. The van der Waals surface area contributed by atoms with E-state index in [2.05, 4.69) is 34.2 Å². The van der Waals surface area contributed by atoms with Gasteiger partial charge in [-0.1, -0.05) is 23.7 Å². The maximum atomic E-state index is 12.7. The molecule has 2 aliphatic rings. The largest absolute Gasteiger partial charge is 0.381 e. The number of amides is 1. The molecule has 0 atom stereocenters. The van der Waals surface area contributed by atoms with Gasteiger partial charge in [0.25, 0.3) is 0 Å². The number of piperazine rings is 1. The van der Waals surface area contributed by atoms with Crippen LogP contribution in [0.4, 0.5) is 0 Å². The molecule has 3 rings (SSSR count). The van der Waals surface area contributed by atoms with Gasteiger partial charge in [0.15, 0.2) is 5.96 Å². The van der Waals surface area contributed by atoms with Crippen molar-refractivity contribution in [3.05, 3.63) is 34.9 Å². The van der Waals surface area contributed by atoms with Crippen LogP contribution < -0.4 is 5.32 Å². The van der Waals surface area contributed by atoms with Crippen molar-refractivity contribution in [3.8, 4) is 0 Å². The number of hydrogen-bond acceptors (Lipinski definition) is 4. The molecule has 0 aliphatic carbocycles. The van der Waals surface area contributed by atoms with Crippen LogP contribution in [0.15, 0.2) is 29.3 Å². The smallest absolute Gasteiger partial charge is 0.227 e. The monoisotopic (exact) mass is 435 g/mol. The summed E-state index contributed by atoms with van der Waals surface area (Å²) in [5.74, 6) is 1.05. The molecular formula is C22H34ClN5O2. The summed E-state index contributed by atoms with van der Waals surface area (Å²) < 4.78 is 5.57. The second-order valence-corrected chi connectivity index (χ2v) is 8.74. The first-order chi connectivity index (χ1) is 14.4. The molecule has 0 unspecified atom stereocenters. The van der Waals surface area contributed by atoms with E-state index in [1.54, 1.807) is 0 Å². The van der Waals surface area contributed by atoms with Crippen LogP contribution in [0.1, 0.15) is 18.4 Å². The third kappa shape index (κ3) is 5.65. The quantitative estimate of drug-likeness (QED) is 0.563. The van der Waals surface area contributed by atoms with E-state index in [0.29, 0.717) is 24.5 Å². The highest BCUT2D eigenvalue weighted by Gasteiger charge is 2.35. The molecule has 30 heavy (non-hydrogen) atoms. The summed E-state index contributed by atoms with van der Waals surface area (Å²) in [6, 6.07) is 7.52. The van der Waals surface area contributed by atoms with Crippen LogP contribution in [0.5, 0.6) is 0 Å². The number of likely N-dealkylation sites (N-methyl/N-ethyl adjacent to an activating group) is 1. The molecule has 1 amide bonds. The SMILES string of the molecule is CN=C(NCC1(N(C)C)CCOCC1)N1CCN(C(=O)Cc2cccc(Cl)c2)CC1. The Kier molecular flexibility index (Phi) is 7.97. The van der Waals surface area contributed by atoms with Gasteiger partial charge in [-0.15, -0.1) is 0 Å². The molecular weight excluding hydrogens is 402 g/mol. The van der Waals surface area contributed by atoms with E-state index in [4.69, 9.17) is 16.3 Å². The van der Waals surface area contributed by atoms with Gasteiger partial charge in [-0.25, -0.2) is 0 Å². The number of guanidine groups is 1. The van der Waals surface area contributed by atoms with Gasteiger partial charge < -0.3 is 24.8 Å². The Labute approximate surface area is 185 Å². The number of nitrogens with zero attached hydrogens (tertiary/aromatic N) is 4. The van der Waals surface area contributed by atoms with E-state index in [9.17, 15) is 4.79 Å². The second kappa shape index (κ2) is 10.5. The molecule has 0 spiro atoms. The Morgan fingerprint density at radius 2 is 1.87 bits per heavy atom. The summed E-state index contributed by atoms with van der Waals surface area (Å²) in [7, 11) is 6.10. The lowest BCUT2D eigenvalue weighted by molar-refractivity contribution is -0.131. The number of aliphatic imine (C=N–C) groups is 1. The summed E-state index contributed by atoms with van der Waals surface area (Å²) in [4.78, 5) is 23.7. The van der Waals surface area contributed by atoms with E-state index in [-0.39, 0.29) is 11.4 Å². The lowest BCUT2D eigenvalue weighted by atomic mass is 9.88. The highest BCUT2D eigenvalue weighted by Crippen LogP contribution is 2.25. The van der Waals surface area contributed by atoms with Gasteiger partial charge in [-0.2, -0.15) is 0 Å². The molecule has 2 aliphatic heterocycles. The second-order valence-electron chi connectivity index (χ2n) is 8.31. The minimum atomic E-state index is 0.0862. The van der Waals surface area contributed by atoms with Crippen molar-refractivity contribution in [2.45, 2.75) is 24.8 Å². The topological polar surface area (TPSA) is 60.4 Å². The van der Waals surface area contributed by atoms with Crippen LogP contribution in [0, 0.1) is 0 Å². The summed E-state index contributed by atoms with van der Waals surface area (Å²) in [6.45, 7) is 5.39. The lowest BCUT2D eigenvalue weighted by Crippen LogP contribution is -2.59. The van der Waals surface area contributed by atoms with Crippen LogP contribution in [0.25, 0.3) is 0 Å². The molecule has 1 aromatic carbocycles. The molecule has 0 aromatic heterocycles. The Balaban J connectivity index is 1.51. The average Bonchev–Trinajstić information content (AvgIpc) is 2.75. The molecule has 7 nitrogen and oxygen atoms in total. The number of hydrogen-bond donors (Lipinski definition) is 1. The number of nitrogens with one attached hydrogen (secondary N) is 1. The zero-order valence-corrected chi connectivity index (χ0v) is 19.1. The highest BCUT2D eigenvalue weighted by atomic mass is 35.5. The molecule has 1 N–H and O–H groups in total. The fourth-order valence-electron chi connectivity index (χ4n) is 4.21. The predicted molar refractivity (Wildman–Crippen MR) is 121 cm³/mol. The molecule has 8 heteroatoms. The highest BCUT2D eigenvalue weighted by molar-refractivity contribution is 6.30. The van der Waals surface area contributed by atoms with Gasteiger partial charge in [0.1, 0.15) is 0 Å². The Morgan fingerprint density at radius 3 is 2.47 bits per heavy atom. The number of rotatable bonds is 5. The number of ether oxygens (including phenoxy) is 1. The van der Waals surface area contributed by atoms with Crippen LogP contribution in [-0.2, 0) is 16.0 Å². The fourth-order valence-corrected chi connectivity index (χ4v) is 4.42. The first-order valence-electron chi connectivity index (χ1n) is 10.7. The van der Waals surface area contributed by atoms with E-state index < -0.39 is 0 Å². The first-order valence-corrected chi connectivity index (χ1v) is 11.0. The van der Waals surface area contributed by atoms with Gasteiger partial charge in [0.2, 0.25) is 5.91 Å². The minimum Gasteiger partial charge on any atom is -0.381 e. The summed E-state index contributed by atoms with van der Waals surface area (Å²) in [5.41, 5.74) is 1.04. The van der Waals surface area contributed by atoms with Crippen molar-refractivity contribution >= 4 is 23.5 Å². The van der Waals surface area contributed by atoms with E-state index in [1.807, 2.05) is 36.2 Å². The van der Waals surface area contributed by atoms with Crippen LogP contribution in [0.2, 0.25) is 5.02 Å². The zero-order valence-electron chi connectivity index (χ0n) is 18.4. The van der Waals surface area contributed by atoms with Gasteiger partial charge in [0.05, 0.1) is 6.42 Å². The fraction of sp³-hybridized carbons (Fsp3) is 0.636. The molecule has 2 fully saturated rings. The Bertz CT molecular complexity index is 741. The maximum absolute atomic E-state index is 12.7. The zero-order chi connectivity index (χ0) is 21.6. The number of carbonyl (C=O) groups is 1. The van der Waals surface area contributed by atoms with Crippen molar-refractivity contribution < 1.29 is 9.53 Å². The number of carbonyl (C=O) groups excluding carboxylic acids is 1. The van der Waals surface area contributed by atoms with E-state index >= 15 is 0 Å². The molecule has 1 aromatic rings. The minimum absolute atomic E-state index is 0.0862. The van der Waals surface area contributed by atoms with Crippen LogP contribution in [-0.4, -0.2) is 99.2 Å². The number of halogens is 1. The van der Waals surface area contributed by atoms with Crippen molar-refractivity contribution in [2.24, 2.45) is 4.99 Å². The summed E-state index contributed by atoms with van der Waals surface area (Å²) in [6.07, 6.45) is 2.41. The van der Waals surface area contributed by atoms with Gasteiger partial charge in [-0.3, -0.25) is 9.79 Å². The Morgan fingerprint density at radius 1 is 1.20 bits per heavy atom. The van der Waals surface area contributed by atoms with Crippen molar-refractivity contribution in [3.63, 3.8) is 0 Å². The Hall–Kier alpha value is -1.83. The molecule has 166 valence electrons. The van der Waals surface area contributed by atoms with E-state index in [1.165, 1.54) is 0 Å². The molecule has 0 saturated carbocycles.